The quantitative estimate of drug-likeness (QED) is 0.829. The fraction of sp³-hybridized carbons (Fsp3) is 0.250. The van der Waals surface area contributed by atoms with Crippen molar-refractivity contribution in [2.24, 2.45) is 0 Å². The van der Waals surface area contributed by atoms with Crippen molar-refractivity contribution in [1.29, 1.82) is 0 Å². The Morgan fingerprint density at radius 1 is 1.44 bits per heavy atom. The van der Waals surface area contributed by atoms with Crippen molar-refractivity contribution in [3.63, 3.8) is 0 Å². The van der Waals surface area contributed by atoms with Gasteiger partial charge in [0.1, 0.15) is 10.9 Å². The van der Waals surface area contributed by atoms with Crippen molar-refractivity contribution in [3.05, 3.63) is 53.2 Å². The lowest BCUT2D eigenvalue weighted by Gasteiger charge is -2.11. The number of hydrogen-bond acceptors (Lipinski definition) is 3. The average molecular weight is 237 g/mol. The molecule has 16 heavy (non-hydrogen) atoms. The average Bonchev–Trinajstić information content (AvgIpc) is 2.81. The summed E-state index contributed by atoms with van der Waals surface area (Å²) in [7, 11) is 0. The summed E-state index contributed by atoms with van der Waals surface area (Å²) in [6.45, 7) is 2.72. The van der Waals surface area contributed by atoms with Gasteiger partial charge in [0.25, 0.3) is 0 Å². The monoisotopic (exact) mass is 236 g/mol. The Bertz CT molecular complexity index is 442. The van der Waals surface area contributed by atoms with Gasteiger partial charge in [-0.25, -0.2) is 4.98 Å². The molecule has 0 aromatic carbocycles. The molecule has 0 amide bonds. The number of aromatic nitrogens is 1. The molecule has 84 valence electrons. The summed E-state index contributed by atoms with van der Waals surface area (Å²) < 4.78 is 5.30. The molecule has 0 aliphatic heterocycles. The van der Waals surface area contributed by atoms with Crippen molar-refractivity contribution in [1.82, 2.24) is 10.3 Å². The predicted octanol–water partition coefficient (Wildman–Crippen LogP) is 3.18. The van der Waals surface area contributed by atoms with Gasteiger partial charge in [-0.2, -0.15) is 0 Å². The minimum atomic E-state index is 0.159. The Labute approximate surface area is 99.5 Å². The van der Waals surface area contributed by atoms with Crippen LogP contribution in [0.1, 0.15) is 24.3 Å². The lowest BCUT2D eigenvalue weighted by molar-refractivity contribution is 0.430. The number of rotatable bonds is 4. The van der Waals surface area contributed by atoms with Crippen molar-refractivity contribution in [3.8, 4) is 0 Å². The largest absolute Gasteiger partial charge is 0.468 e. The Kier molecular flexibility index (Phi) is 3.59. The van der Waals surface area contributed by atoms with Crippen LogP contribution in [0.25, 0.3) is 0 Å². The van der Waals surface area contributed by atoms with Crippen LogP contribution in [-0.4, -0.2) is 4.98 Å². The molecule has 2 heterocycles. The summed E-state index contributed by atoms with van der Waals surface area (Å²) in [6.07, 6.45) is 3.35. The lowest BCUT2D eigenvalue weighted by atomic mass is 10.2. The number of nitrogens with one attached hydrogen (secondary N) is 1. The van der Waals surface area contributed by atoms with E-state index < -0.39 is 0 Å². The van der Waals surface area contributed by atoms with Gasteiger partial charge in [0, 0.05) is 18.3 Å². The molecule has 0 aliphatic rings. The molecule has 0 radical (unpaired) electrons. The topological polar surface area (TPSA) is 38.1 Å². The molecule has 0 spiro atoms. The van der Waals surface area contributed by atoms with Gasteiger partial charge in [0.15, 0.2) is 0 Å². The highest BCUT2D eigenvalue weighted by Crippen LogP contribution is 2.15. The van der Waals surface area contributed by atoms with Crippen LogP contribution in [0.2, 0.25) is 5.15 Å². The molecule has 1 atom stereocenters. The predicted molar refractivity (Wildman–Crippen MR) is 63.2 cm³/mol. The second-order valence-electron chi connectivity index (χ2n) is 3.57. The molecule has 0 saturated carbocycles. The first-order chi connectivity index (χ1) is 7.77. The maximum atomic E-state index is 5.96. The molecule has 2 aromatic rings. The number of furan rings is 1. The molecular formula is C12H13ClN2O. The fourth-order valence-electron chi connectivity index (χ4n) is 1.45. The number of nitrogens with zero attached hydrogens (tertiary/aromatic N) is 1. The van der Waals surface area contributed by atoms with E-state index in [0.29, 0.717) is 11.7 Å². The van der Waals surface area contributed by atoms with Gasteiger partial charge in [-0.15, -0.1) is 0 Å². The SMILES string of the molecule is CC(NCc1cccnc1Cl)c1ccco1. The molecule has 1 N–H and O–H groups in total. The second kappa shape index (κ2) is 5.14. The Balaban J connectivity index is 1.95. The summed E-state index contributed by atoms with van der Waals surface area (Å²) in [5, 5.41) is 3.87. The van der Waals surface area contributed by atoms with E-state index in [-0.39, 0.29) is 6.04 Å². The zero-order valence-corrected chi connectivity index (χ0v) is 9.74. The highest BCUT2D eigenvalue weighted by Gasteiger charge is 2.08. The van der Waals surface area contributed by atoms with Crippen LogP contribution >= 0.6 is 11.6 Å². The van der Waals surface area contributed by atoms with Crippen LogP contribution in [-0.2, 0) is 6.54 Å². The van der Waals surface area contributed by atoms with Crippen molar-refractivity contribution in [2.75, 3.05) is 0 Å². The normalized spacial score (nSPS) is 12.6. The maximum absolute atomic E-state index is 5.96. The highest BCUT2D eigenvalue weighted by molar-refractivity contribution is 6.30. The maximum Gasteiger partial charge on any atom is 0.133 e. The fourth-order valence-corrected chi connectivity index (χ4v) is 1.64. The van der Waals surface area contributed by atoms with Gasteiger partial charge < -0.3 is 9.73 Å². The number of pyridine rings is 1. The lowest BCUT2D eigenvalue weighted by Crippen LogP contribution is -2.17. The summed E-state index contributed by atoms with van der Waals surface area (Å²) >= 11 is 5.96. The standard InChI is InChI=1S/C12H13ClN2O/c1-9(11-5-3-7-16-11)15-8-10-4-2-6-14-12(10)13/h2-7,9,15H,8H2,1H3. The van der Waals surface area contributed by atoms with Crippen LogP contribution < -0.4 is 5.32 Å². The first-order valence-electron chi connectivity index (χ1n) is 5.13. The van der Waals surface area contributed by atoms with Crippen molar-refractivity contribution < 1.29 is 4.42 Å². The zero-order valence-electron chi connectivity index (χ0n) is 8.98. The zero-order chi connectivity index (χ0) is 11.4. The third-order valence-electron chi connectivity index (χ3n) is 2.40. The van der Waals surface area contributed by atoms with E-state index in [1.54, 1.807) is 12.5 Å². The summed E-state index contributed by atoms with van der Waals surface area (Å²) in [4.78, 5) is 4.02. The van der Waals surface area contributed by atoms with Gasteiger partial charge in [-0.1, -0.05) is 17.7 Å². The van der Waals surface area contributed by atoms with Gasteiger partial charge in [0.2, 0.25) is 0 Å². The van der Waals surface area contributed by atoms with E-state index in [1.807, 2.05) is 31.2 Å². The Hall–Kier alpha value is -1.32. The van der Waals surface area contributed by atoms with Gasteiger partial charge in [0.05, 0.1) is 12.3 Å². The van der Waals surface area contributed by atoms with Crippen LogP contribution in [0.15, 0.2) is 41.1 Å². The Morgan fingerprint density at radius 2 is 2.31 bits per heavy atom. The first-order valence-corrected chi connectivity index (χ1v) is 5.51. The summed E-state index contributed by atoms with van der Waals surface area (Å²) in [5.41, 5.74) is 0.988. The van der Waals surface area contributed by atoms with E-state index in [0.717, 1.165) is 11.3 Å². The summed E-state index contributed by atoms with van der Waals surface area (Å²) in [6, 6.07) is 7.82. The minimum Gasteiger partial charge on any atom is -0.468 e. The van der Waals surface area contributed by atoms with E-state index in [2.05, 4.69) is 10.3 Å². The molecular weight excluding hydrogens is 224 g/mol. The van der Waals surface area contributed by atoms with Crippen LogP contribution in [0.5, 0.6) is 0 Å². The molecule has 0 aliphatic carbocycles. The van der Waals surface area contributed by atoms with Gasteiger partial charge in [-0.3, -0.25) is 0 Å². The molecule has 3 nitrogen and oxygen atoms in total. The highest BCUT2D eigenvalue weighted by atomic mass is 35.5. The smallest absolute Gasteiger partial charge is 0.133 e. The molecule has 4 heteroatoms. The van der Waals surface area contributed by atoms with Crippen LogP contribution in [0, 0.1) is 0 Å². The van der Waals surface area contributed by atoms with E-state index in [9.17, 15) is 0 Å². The van der Waals surface area contributed by atoms with Gasteiger partial charge >= 0.3 is 0 Å². The molecule has 2 rings (SSSR count). The molecule has 0 fully saturated rings. The van der Waals surface area contributed by atoms with Crippen molar-refractivity contribution in [2.45, 2.75) is 19.5 Å². The van der Waals surface area contributed by atoms with E-state index in [1.165, 1.54) is 0 Å². The molecule has 0 saturated heterocycles. The molecule has 1 unspecified atom stereocenters. The third-order valence-corrected chi connectivity index (χ3v) is 2.75. The molecule has 0 bridgehead atoms. The molecule has 2 aromatic heterocycles. The van der Waals surface area contributed by atoms with Crippen LogP contribution in [0.4, 0.5) is 0 Å². The van der Waals surface area contributed by atoms with E-state index in [4.69, 9.17) is 16.0 Å². The van der Waals surface area contributed by atoms with Crippen molar-refractivity contribution >= 4 is 11.6 Å². The van der Waals surface area contributed by atoms with Gasteiger partial charge in [-0.05, 0) is 25.1 Å². The van der Waals surface area contributed by atoms with E-state index >= 15 is 0 Å². The first kappa shape index (κ1) is 11.2. The third kappa shape index (κ3) is 2.62. The minimum absolute atomic E-state index is 0.159. The van der Waals surface area contributed by atoms with Crippen LogP contribution in [0.3, 0.4) is 0 Å². The second-order valence-corrected chi connectivity index (χ2v) is 3.93. The number of hydrogen-bond donors (Lipinski definition) is 1. The Morgan fingerprint density at radius 3 is 3.00 bits per heavy atom. The summed E-state index contributed by atoms with van der Waals surface area (Å²) in [5.74, 6) is 0.917. The number of halogens is 1.